The lowest BCUT2D eigenvalue weighted by Gasteiger charge is -2.03. The minimum atomic E-state index is 0.742. The van der Waals surface area contributed by atoms with Gasteiger partial charge in [0, 0.05) is 29.2 Å². The number of aromatic nitrogens is 1. The summed E-state index contributed by atoms with van der Waals surface area (Å²) in [5.41, 5.74) is 5.11. The molecule has 1 aliphatic carbocycles. The minimum Gasteiger partial charge on any atom is -0.497 e. The lowest BCUT2D eigenvalue weighted by Crippen LogP contribution is -2.16. The van der Waals surface area contributed by atoms with Crippen molar-refractivity contribution >= 4 is 10.9 Å². The quantitative estimate of drug-likeness (QED) is 0.867. The molecule has 3 nitrogen and oxygen atoms in total. The Morgan fingerprint density at radius 3 is 2.78 bits per heavy atom. The van der Waals surface area contributed by atoms with Crippen molar-refractivity contribution in [3.8, 4) is 5.75 Å². The SMILES string of the molecule is COc1cc(C)c2[nH]c(CNC3CC3)c(C)c2c1. The number of aryl methyl sites for hydroxylation is 2. The van der Waals surface area contributed by atoms with Gasteiger partial charge in [-0.3, -0.25) is 0 Å². The average Bonchev–Trinajstić information content (AvgIpc) is 3.13. The molecule has 3 heteroatoms. The third kappa shape index (κ3) is 1.99. The highest BCUT2D eigenvalue weighted by atomic mass is 16.5. The number of ether oxygens (including phenoxy) is 1. The van der Waals surface area contributed by atoms with Crippen LogP contribution >= 0.6 is 0 Å². The Kier molecular flexibility index (Phi) is 2.78. The topological polar surface area (TPSA) is 37.0 Å². The Balaban J connectivity index is 2.00. The first-order chi connectivity index (χ1) is 8.69. The lowest BCUT2D eigenvalue weighted by molar-refractivity contribution is 0.415. The predicted molar refractivity (Wildman–Crippen MR) is 74.2 cm³/mol. The molecule has 0 aliphatic heterocycles. The van der Waals surface area contributed by atoms with Gasteiger partial charge in [-0.15, -0.1) is 0 Å². The Morgan fingerprint density at radius 1 is 1.33 bits per heavy atom. The molecule has 0 radical (unpaired) electrons. The van der Waals surface area contributed by atoms with Crippen LogP contribution in [0.25, 0.3) is 10.9 Å². The van der Waals surface area contributed by atoms with E-state index in [0.29, 0.717) is 0 Å². The van der Waals surface area contributed by atoms with E-state index in [1.807, 2.05) is 0 Å². The molecule has 1 fully saturated rings. The maximum Gasteiger partial charge on any atom is 0.119 e. The van der Waals surface area contributed by atoms with Gasteiger partial charge in [-0.1, -0.05) is 0 Å². The fraction of sp³-hybridized carbons (Fsp3) is 0.467. The number of benzene rings is 1. The van der Waals surface area contributed by atoms with Crippen LogP contribution in [0.2, 0.25) is 0 Å². The predicted octanol–water partition coefficient (Wildman–Crippen LogP) is 3.05. The average molecular weight is 244 g/mol. The summed E-state index contributed by atoms with van der Waals surface area (Å²) < 4.78 is 5.35. The van der Waals surface area contributed by atoms with Gasteiger partial charge in [0.1, 0.15) is 5.75 Å². The molecule has 0 saturated heterocycles. The third-order valence-electron chi connectivity index (χ3n) is 3.82. The number of rotatable bonds is 4. The van der Waals surface area contributed by atoms with E-state index in [1.54, 1.807) is 7.11 Å². The molecule has 2 N–H and O–H groups in total. The summed E-state index contributed by atoms with van der Waals surface area (Å²) in [4.78, 5) is 3.55. The van der Waals surface area contributed by atoms with Crippen LogP contribution in [0.1, 0.15) is 29.7 Å². The summed E-state index contributed by atoms with van der Waals surface area (Å²) >= 11 is 0. The molecular formula is C15H20N2O. The van der Waals surface area contributed by atoms with E-state index in [2.05, 4.69) is 36.3 Å². The van der Waals surface area contributed by atoms with Gasteiger partial charge in [-0.25, -0.2) is 0 Å². The number of aromatic amines is 1. The summed E-state index contributed by atoms with van der Waals surface area (Å²) in [6.07, 6.45) is 2.65. The van der Waals surface area contributed by atoms with Crippen molar-refractivity contribution in [1.29, 1.82) is 0 Å². The second kappa shape index (κ2) is 4.32. The maximum atomic E-state index is 5.35. The molecule has 1 aromatic carbocycles. The van der Waals surface area contributed by atoms with E-state index in [1.165, 1.54) is 40.6 Å². The van der Waals surface area contributed by atoms with Gasteiger partial charge in [-0.05, 0) is 49.9 Å². The number of hydrogen-bond acceptors (Lipinski definition) is 2. The first kappa shape index (κ1) is 11.6. The van der Waals surface area contributed by atoms with Crippen LogP contribution in [-0.4, -0.2) is 18.1 Å². The van der Waals surface area contributed by atoms with Crippen LogP contribution in [0.15, 0.2) is 12.1 Å². The molecule has 2 aromatic rings. The molecule has 0 amide bonds. The van der Waals surface area contributed by atoms with Crippen molar-refractivity contribution in [2.75, 3.05) is 7.11 Å². The normalized spacial score (nSPS) is 15.3. The summed E-state index contributed by atoms with van der Waals surface area (Å²) in [5.74, 6) is 0.934. The van der Waals surface area contributed by atoms with E-state index in [4.69, 9.17) is 4.74 Å². The molecule has 0 bridgehead atoms. The smallest absolute Gasteiger partial charge is 0.119 e. The van der Waals surface area contributed by atoms with Gasteiger partial charge in [0.25, 0.3) is 0 Å². The molecule has 96 valence electrons. The summed E-state index contributed by atoms with van der Waals surface area (Å²) in [5, 5.41) is 4.84. The van der Waals surface area contributed by atoms with Gasteiger partial charge in [-0.2, -0.15) is 0 Å². The Bertz CT molecular complexity index is 582. The van der Waals surface area contributed by atoms with E-state index >= 15 is 0 Å². The van der Waals surface area contributed by atoms with Crippen molar-refractivity contribution in [1.82, 2.24) is 10.3 Å². The second-order valence-electron chi connectivity index (χ2n) is 5.25. The molecule has 0 unspecified atom stereocenters. The van der Waals surface area contributed by atoms with E-state index in [0.717, 1.165) is 18.3 Å². The van der Waals surface area contributed by atoms with Crippen molar-refractivity contribution in [3.05, 3.63) is 29.0 Å². The molecule has 1 aliphatic rings. The Hall–Kier alpha value is -1.48. The zero-order chi connectivity index (χ0) is 12.7. The van der Waals surface area contributed by atoms with E-state index in [9.17, 15) is 0 Å². The van der Waals surface area contributed by atoms with Gasteiger partial charge in [0.2, 0.25) is 0 Å². The molecule has 0 spiro atoms. The van der Waals surface area contributed by atoms with E-state index in [-0.39, 0.29) is 0 Å². The maximum absolute atomic E-state index is 5.35. The van der Waals surface area contributed by atoms with Gasteiger partial charge in [0.15, 0.2) is 0 Å². The second-order valence-corrected chi connectivity index (χ2v) is 5.25. The van der Waals surface area contributed by atoms with E-state index < -0.39 is 0 Å². The number of hydrogen-bond donors (Lipinski definition) is 2. The third-order valence-corrected chi connectivity index (χ3v) is 3.82. The van der Waals surface area contributed by atoms with Crippen molar-refractivity contribution in [2.24, 2.45) is 0 Å². The van der Waals surface area contributed by atoms with Gasteiger partial charge >= 0.3 is 0 Å². The van der Waals surface area contributed by atoms with Crippen LogP contribution in [0.4, 0.5) is 0 Å². The summed E-state index contributed by atoms with van der Waals surface area (Å²) in [7, 11) is 1.72. The van der Waals surface area contributed by atoms with Crippen LogP contribution in [0.5, 0.6) is 5.75 Å². The molecule has 1 saturated carbocycles. The van der Waals surface area contributed by atoms with Crippen LogP contribution in [0, 0.1) is 13.8 Å². The summed E-state index contributed by atoms with van der Waals surface area (Å²) in [6.45, 7) is 5.24. The monoisotopic (exact) mass is 244 g/mol. The molecule has 0 atom stereocenters. The molecule has 3 rings (SSSR count). The highest BCUT2D eigenvalue weighted by Gasteiger charge is 2.21. The number of H-pyrrole nitrogens is 1. The fourth-order valence-electron chi connectivity index (χ4n) is 2.45. The van der Waals surface area contributed by atoms with Crippen molar-refractivity contribution in [2.45, 2.75) is 39.3 Å². The molecule has 18 heavy (non-hydrogen) atoms. The zero-order valence-corrected chi connectivity index (χ0v) is 11.3. The minimum absolute atomic E-state index is 0.742. The van der Waals surface area contributed by atoms with Crippen LogP contribution in [0.3, 0.4) is 0 Å². The summed E-state index contributed by atoms with van der Waals surface area (Å²) in [6, 6.07) is 4.94. The highest BCUT2D eigenvalue weighted by molar-refractivity contribution is 5.88. The number of methoxy groups -OCH3 is 1. The highest BCUT2D eigenvalue weighted by Crippen LogP contribution is 2.29. The van der Waals surface area contributed by atoms with Crippen LogP contribution in [-0.2, 0) is 6.54 Å². The Morgan fingerprint density at radius 2 is 2.11 bits per heavy atom. The van der Waals surface area contributed by atoms with Gasteiger partial charge < -0.3 is 15.0 Å². The van der Waals surface area contributed by atoms with Crippen molar-refractivity contribution < 1.29 is 4.74 Å². The lowest BCUT2D eigenvalue weighted by atomic mass is 10.1. The number of fused-ring (bicyclic) bond motifs is 1. The van der Waals surface area contributed by atoms with Gasteiger partial charge in [0.05, 0.1) is 7.11 Å². The zero-order valence-electron chi connectivity index (χ0n) is 11.3. The molecule has 1 aromatic heterocycles. The first-order valence-corrected chi connectivity index (χ1v) is 6.58. The number of nitrogens with one attached hydrogen (secondary N) is 2. The standard InChI is InChI=1S/C15H20N2O/c1-9-6-12(18-3)7-13-10(2)14(17-15(9)13)8-16-11-4-5-11/h6-7,11,16-17H,4-5,8H2,1-3H3. The largest absolute Gasteiger partial charge is 0.497 e. The Labute approximate surface area is 108 Å². The van der Waals surface area contributed by atoms with Crippen LogP contribution < -0.4 is 10.1 Å². The molecular weight excluding hydrogens is 224 g/mol. The fourth-order valence-corrected chi connectivity index (χ4v) is 2.45. The first-order valence-electron chi connectivity index (χ1n) is 6.58. The van der Waals surface area contributed by atoms with Crippen molar-refractivity contribution in [3.63, 3.8) is 0 Å². The molecule has 1 heterocycles.